The zero-order valence-electron chi connectivity index (χ0n) is 8.86. The van der Waals surface area contributed by atoms with Gasteiger partial charge >= 0.3 is 6.03 Å². The first-order valence-corrected chi connectivity index (χ1v) is 6.31. The van der Waals surface area contributed by atoms with E-state index in [4.69, 9.17) is 0 Å². The summed E-state index contributed by atoms with van der Waals surface area (Å²) in [5.74, 6) is 0.0982. The number of nitrogens with one attached hydrogen (secondary N) is 2. The predicted octanol–water partition coefficient (Wildman–Crippen LogP) is 1.46. The Hall–Kier alpha value is -1.41. The molecule has 6 nitrogen and oxygen atoms in total. The van der Waals surface area contributed by atoms with Crippen molar-refractivity contribution in [1.29, 1.82) is 0 Å². The van der Waals surface area contributed by atoms with Crippen molar-refractivity contribution in [2.75, 3.05) is 18.9 Å². The van der Waals surface area contributed by atoms with Crippen LogP contribution in [0.25, 0.3) is 0 Å². The first-order chi connectivity index (χ1) is 8.04. The lowest BCUT2D eigenvalue weighted by Gasteiger charge is -2.07. The van der Waals surface area contributed by atoms with Crippen molar-refractivity contribution < 1.29 is 9.59 Å². The Bertz CT molecular complexity index is 499. The molecular weight excluding hydrogens is 308 g/mol. The molecule has 2 N–H and O–H groups in total. The molecule has 0 bridgehead atoms. The fourth-order valence-corrected chi connectivity index (χ4v) is 2.55. The van der Waals surface area contributed by atoms with E-state index in [0.717, 1.165) is 3.79 Å². The highest BCUT2D eigenvalue weighted by Gasteiger charge is 2.22. The molecule has 0 aromatic carbocycles. The minimum Gasteiger partial charge on any atom is -0.336 e. The highest BCUT2D eigenvalue weighted by molar-refractivity contribution is 9.11. The number of guanidine groups is 1. The van der Waals surface area contributed by atoms with Gasteiger partial charge in [0, 0.05) is 7.05 Å². The second kappa shape index (κ2) is 4.84. The van der Waals surface area contributed by atoms with Gasteiger partial charge in [-0.05, 0) is 28.1 Å². The first-order valence-electron chi connectivity index (χ1n) is 4.70. The maximum Gasteiger partial charge on any atom is 0.349 e. The Labute approximate surface area is 110 Å². The monoisotopic (exact) mass is 316 g/mol. The van der Waals surface area contributed by atoms with Crippen LogP contribution in [0.4, 0.5) is 9.80 Å². The van der Waals surface area contributed by atoms with Crippen molar-refractivity contribution in [3.8, 4) is 0 Å². The number of urea groups is 1. The van der Waals surface area contributed by atoms with Gasteiger partial charge in [-0.25, -0.2) is 4.79 Å². The van der Waals surface area contributed by atoms with E-state index in [2.05, 4.69) is 31.6 Å². The molecule has 2 heterocycles. The second-order valence-electron chi connectivity index (χ2n) is 3.37. The minimum atomic E-state index is -0.511. The summed E-state index contributed by atoms with van der Waals surface area (Å²) in [6.45, 7) is 0.219. The smallest absolute Gasteiger partial charge is 0.336 e. The third-order valence-corrected chi connectivity index (χ3v) is 3.54. The average Bonchev–Trinajstić information content (AvgIpc) is 2.74. The lowest BCUT2D eigenvalue weighted by atomic mass is 10.6. The number of thiophene rings is 1. The maximum atomic E-state index is 11.5. The first kappa shape index (κ1) is 12.1. The van der Waals surface area contributed by atoms with Crippen LogP contribution in [0.2, 0.25) is 0 Å². The number of anilines is 1. The number of aliphatic imine (C=N–C) groups is 1. The highest BCUT2D eigenvalue weighted by Crippen LogP contribution is 2.26. The van der Waals surface area contributed by atoms with Gasteiger partial charge in [0.15, 0.2) is 0 Å². The van der Waals surface area contributed by atoms with E-state index >= 15 is 0 Å². The number of hydrogen-bond acceptors (Lipinski definition) is 3. The van der Waals surface area contributed by atoms with Gasteiger partial charge in [-0.2, -0.15) is 4.99 Å². The van der Waals surface area contributed by atoms with Crippen molar-refractivity contribution in [3.05, 3.63) is 15.9 Å². The molecule has 0 aliphatic carbocycles. The molecule has 0 unspecified atom stereocenters. The summed E-state index contributed by atoms with van der Waals surface area (Å²) in [5, 5.41) is 5.80. The molecule has 1 fully saturated rings. The molecule has 1 saturated heterocycles. The zero-order chi connectivity index (χ0) is 12.4. The summed E-state index contributed by atoms with van der Waals surface area (Å²) in [7, 11) is 1.69. The summed E-state index contributed by atoms with van der Waals surface area (Å²) in [4.78, 5) is 27.9. The Balaban J connectivity index is 2.02. The van der Waals surface area contributed by atoms with Crippen molar-refractivity contribution in [2.24, 2.45) is 4.99 Å². The second-order valence-corrected chi connectivity index (χ2v) is 5.84. The largest absolute Gasteiger partial charge is 0.349 e. The molecule has 90 valence electrons. The van der Waals surface area contributed by atoms with Gasteiger partial charge in [0.05, 0.1) is 15.3 Å². The van der Waals surface area contributed by atoms with Gasteiger partial charge in [-0.15, -0.1) is 11.3 Å². The lowest BCUT2D eigenvalue weighted by Crippen LogP contribution is -2.29. The van der Waals surface area contributed by atoms with E-state index < -0.39 is 6.03 Å². The molecule has 1 aromatic heterocycles. The van der Waals surface area contributed by atoms with Crippen LogP contribution in [-0.2, 0) is 4.79 Å². The number of rotatable bonds is 1. The summed E-state index contributed by atoms with van der Waals surface area (Å²) in [5.41, 5.74) is 0. The maximum absolute atomic E-state index is 11.5. The van der Waals surface area contributed by atoms with Gasteiger partial charge in [-0.1, -0.05) is 0 Å². The minimum absolute atomic E-state index is 0.169. The molecule has 1 aliphatic rings. The molecule has 3 amide bonds. The Morgan fingerprint density at radius 1 is 1.65 bits per heavy atom. The number of nitrogens with zero attached hydrogens (tertiary/aromatic N) is 2. The molecule has 2 rings (SSSR count). The molecule has 0 radical (unpaired) electrons. The Kier molecular flexibility index (Phi) is 3.43. The van der Waals surface area contributed by atoms with E-state index in [1.807, 2.05) is 6.07 Å². The third kappa shape index (κ3) is 3.04. The van der Waals surface area contributed by atoms with Gasteiger partial charge in [0.2, 0.25) is 11.9 Å². The molecule has 1 aromatic rings. The number of hydrogen-bond donors (Lipinski definition) is 2. The summed E-state index contributed by atoms with van der Waals surface area (Å²) in [6.07, 6.45) is 0. The van der Waals surface area contributed by atoms with Gasteiger partial charge in [-0.3, -0.25) is 15.4 Å². The molecule has 0 atom stereocenters. The van der Waals surface area contributed by atoms with Crippen molar-refractivity contribution in [2.45, 2.75) is 0 Å². The Morgan fingerprint density at radius 2 is 2.41 bits per heavy atom. The van der Waals surface area contributed by atoms with Crippen LogP contribution in [0, 0.1) is 0 Å². The van der Waals surface area contributed by atoms with Crippen LogP contribution in [0.5, 0.6) is 0 Å². The molecule has 1 aliphatic heterocycles. The molecule has 0 spiro atoms. The van der Waals surface area contributed by atoms with Crippen LogP contribution in [0.1, 0.15) is 0 Å². The van der Waals surface area contributed by atoms with Gasteiger partial charge in [0.1, 0.15) is 0 Å². The SMILES string of the molecule is CN1CC(=O)NC1=NC(=O)Nc1ccc(Br)s1. The van der Waals surface area contributed by atoms with E-state index in [-0.39, 0.29) is 18.4 Å². The predicted molar refractivity (Wildman–Crippen MR) is 69.2 cm³/mol. The number of carbonyl (C=O) groups is 2. The molecule has 0 saturated carbocycles. The van der Waals surface area contributed by atoms with Crippen LogP contribution in [-0.4, -0.2) is 36.4 Å². The van der Waals surface area contributed by atoms with Crippen LogP contribution in [0.15, 0.2) is 20.9 Å². The number of carbonyl (C=O) groups excluding carboxylic acids is 2. The number of amides is 3. The standard InChI is InChI=1S/C9H9BrN4O2S/c1-14-4-6(15)11-8(14)13-9(16)12-7-3-2-5(10)17-7/h2-3H,4H2,1H3,(H2,11,12,13,15,16). The molecule has 8 heteroatoms. The van der Waals surface area contributed by atoms with Crippen molar-refractivity contribution >= 4 is 50.2 Å². The highest BCUT2D eigenvalue weighted by atomic mass is 79.9. The fraction of sp³-hybridized carbons (Fsp3) is 0.222. The topological polar surface area (TPSA) is 73.8 Å². The number of likely N-dealkylation sites (N-methyl/N-ethyl adjacent to an activating group) is 1. The lowest BCUT2D eigenvalue weighted by molar-refractivity contribution is -0.118. The van der Waals surface area contributed by atoms with E-state index in [0.29, 0.717) is 5.00 Å². The number of halogens is 1. The summed E-state index contributed by atoms with van der Waals surface area (Å²) in [6, 6.07) is 3.09. The van der Waals surface area contributed by atoms with E-state index in [1.54, 1.807) is 18.0 Å². The molecule has 17 heavy (non-hydrogen) atoms. The average molecular weight is 317 g/mol. The van der Waals surface area contributed by atoms with Crippen molar-refractivity contribution in [3.63, 3.8) is 0 Å². The van der Waals surface area contributed by atoms with Gasteiger partial charge < -0.3 is 4.90 Å². The van der Waals surface area contributed by atoms with Gasteiger partial charge in [0.25, 0.3) is 0 Å². The Morgan fingerprint density at radius 3 is 2.94 bits per heavy atom. The normalized spacial score (nSPS) is 17.4. The third-order valence-electron chi connectivity index (χ3n) is 2.00. The quantitative estimate of drug-likeness (QED) is 0.823. The van der Waals surface area contributed by atoms with E-state index in [1.165, 1.54) is 11.3 Å². The summed E-state index contributed by atoms with van der Waals surface area (Å²) >= 11 is 4.68. The summed E-state index contributed by atoms with van der Waals surface area (Å²) < 4.78 is 0.923. The van der Waals surface area contributed by atoms with Crippen molar-refractivity contribution in [1.82, 2.24) is 10.2 Å². The fourth-order valence-electron chi connectivity index (χ4n) is 1.27. The molecular formula is C9H9BrN4O2S. The van der Waals surface area contributed by atoms with E-state index in [9.17, 15) is 9.59 Å². The van der Waals surface area contributed by atoms with Crippen LogP contribution < -0.4 is 10.6 Å². The zero-order valence-corrected chi connectivity index (χ0v) is 11.3. The van der Waals surface area contributed by atoms with Crippen LogP contribution >= 0.6 is 27.3 Å². The van der Waals surface area contributed by atoms with Crippen LogP contribution in [0.3, 0.4) is 0 Å².